The fraction of sp³-hybridized carbons (Fsp3) is 0.300. The maximum absolute atomic E-state index is 5.63. The van der Waals surface area contributed by atoms with Gasteiger partial charge in [-0.3, -0.25) is 0 Å². The predicted molar refractivity (Wildman–Crippen MR) is 93.7 cm³/mol. The lowest BCUT2D eigenvalue weighted by atomic mass is 10.1. The summed E-state index contributed by atoms with van der Waals surface area (Å²) in [6.45, 7) is 6.48. The van der Waals surface area contributed by atoms with Crippen LogP contribution >= 0.6 is 0 Å². The third-order valence-electron chi connectivity index (χ3n) is 3.40. The summed E-state index contributed by atoms with van der Waals surface area (Å²) in [7, 11) is 0. The van der Waals surface area contributed by atoms with Crippen LogP contribution in [0.4, 0.5) is 0 Å². The monoisotopic (exact) mass is 309 g/mol. The molecule has 0 saturated heterocycles. The van der Waals surface area contributed by atoms with Crippen LogP contribution in [0.5, 0.6) is 11.5 Å². The van der Waals surface area contributed by atoms with E-state index in [4.69, 9.17) is 15.9 Å². The highest BCUT2D eigenvalue weighted by molar-refractivity contribution is 5.43. The molecule has 0 amide bonds. The Bertz CT molecular complexity index is 656. The third-order valence-corrected chi connectivity index (χ3v) is 3.40. The summed E-state index contributed by atoms with van der Waals surface area (Å²) in [5, 5.41) is 3.44. The first-order valence-electron chi connectivity index (χ1n) is 7.81. The van der Waals surface area contributed by atoms with Crippen molar-refractivity contribution in [3.8, 4) is 23.8 Å². The first-order valence-corrected chi connectivity index (χ1v) is 7.81. The molecule has 0 heterocycles. The Morgan fingerprint density at radius 2 is 1.65 bits per heavy atom. The van der Waals surface area contributed by atoms with E-state index in [1.54, 1.807) is 0 Å². The first-order chi connectivity index (χ1) is 11.2. The van der Waals surface area contributed by atoms with Gasteiger partial charge in [-0.1, -0.05) is 41.8 Å². The van der Waals surface area contributed by atoms with Crippen LogP contribution < -0.4 is 14.8 Å². The van der Waals surface area contributed by atoms with E-state index in [0.717, 1.165) is 24.4 Å². The minimum Gasteiger partial charge on any atom is -0.490 e. The smallest absolute Gasteiger partial charge is 0.162 e. The van der Waals surface area contributed by atoms with Crippen molar-refractivity contribution < 1.29 is 9.47 Å². The van der Waals surface area contributed by atoms with Gasteiger partial charge in [0.2, 0.25) is 0 Å². The topological polar surface area (TPSA) is 30.5 Å². The molecule has 3 nitrogen and oxygen atoms in total. The number of aryl methyl sites for hydroxylation is 1. The summed E-state index contributed by atoms with van der Waals surface area (Å²) in [5.74, 6) is 3.89. The minimum absolute atomic E-state index is 0.241. The van der Waals surface area contributed by atoms with Crippen LogP contribution in [-0.2, 0) is 13.1 Å². The van der Waals surface area contributed by atoms with Crippen molar-refractivity contribution in [1.82, 2.24) is 5.32 Å². The van der Waals surface area contributed by atoms with Crippen LogP contribution in [0, 0.1) is 19.3 Å². The molecule has 23 heavy (non-hydrogen) atoms. The molecule has 3 heteroatoms. The minimum atomic E-state index is 0.241. The number of ether oxygens (including phenoxy) is 2. The fourth-order valence-corrected chi connectivity index (χ4v) is 2.23. The van der Waals surface area contributed by atoms with E-state index < -0.39 is 0 Å². The Morgan fingerprint density at radius 1 is 0.957 bits per heavy atom. The number of hydrogen-bond donors (Lipinski definition) is 1. The van der Waals surface area contributed by atoms with Crippen molar-refractivity contribution in [3.63, 3.8) is 0 Å². The Kier molecular flexibility index (Phi) is 6.53. The van der Waals surface area contributed by atoms with E-state index in [9.17, 15) is 0 Å². The zero-order valence-electron chi connectivity index (χ0n) is 13.8. The zero-order valence-corrected chi connectivity index (χ0v) is 13.8. The van der Waals surface area contributed by atoms with Gasteiger partial charge in [-0.15, -0.1) is 6.42 Å². The average Bonchev–Trinajstić information content (AvgIpc) is 2.56. The van der Waals surface area contributed by atoms with Crippen molar-refractivity contribution in [3.05, 3.63) is 59.2 Å². The molecule has 2 rings (SSSR count). The molecular weight excluding hydrogens is 286 g/mol. The summed E-state index contributed by atoms with van der Waals surface area (Å²) < 4.78 is 11.1. The second kappa shape index (κ2) is 8.87. The molecule has 0 unspecified atom stereocenters. The number of benzene rings is 2. The van der Waals surface area contributed by atoms with Crippen LogP contribution in [0.25, 0.3) is 0 Å². The predicted octanol–water partition coefficient (Wildman–Crippen LogP) is 3.70. The molecule has 0 fully saturated rings. The molecule has 1 N–H and O–H groups in total. The van der Waals surface area contributed by atoms with Gasteiger partial charge in [-0.25, -0.2) is 0 Å². The van der Waals surface area contributed by atoms with Gasteiger partial charge in [0.15, 0.2) is 11.5 Å². The van der Waals surface area contributed by atoms with Crippen molar-refractivity contribution in [2.24, 2.45) is 0 Å². The largest absolute Gasteiger partial charge is 0.490 e. The SMILES string of the molecule is C#CCOc1ccc(CNCc2ccc(C)cc2)cc1OCC. The van der Waals surface area contributed by atoms with E-state index >= 15 is 0 Å². The zero-order chi connectivity index (χ0) is 16.5. The molecule has 0 aliphatic heterocycles. The van der Waals surface area contributed by atoms with Gasteiger partial charge >= 0.3 is 0 Å². The van der Waals surface area contributed by atoms with Crippen molar-refractivity contribution in [2.75, 3.05) is 13.2 Å². The van der Waals surface area contributed by atoms with Gasteiger partial charge in [-0.05, 0) is 37.1 Å². The molecule has 2 aromatic carbocycles. The molecule has 0 saturated carbocycles. The molecule has 0 radical (unpaired) electrons. The van der Waals surface area contributed by atoms with Gasteiger partial charge in [0.05, 0.1) is 6.61 Å². The van der Waals surface area contributed by atoms with E-state index in [0.29, 0.717) is 12.4 Å². The van der Waals surface area contributed by atoms with Crippen LogP contribution in [0.15, 0.2) is 42.5 Å². The third kappa shape index (κ3) is 5.36. The first kappa shape index (κ1) is 16.9. The summed E-state index contributed by atoms with van der Waals surface area (Å²) in [6, 6.07) is 14.5. The molecule has 120 valence electrons. The van der Waals surface area contributed by atoms with Gasteiger partial charge in [-0.2, -0.15) is 0 Å². The molecule has 0 aliphatic rings. The van der Waals surface area contributed by atoms with Gasteiger partial charge in [0.25, 0.3) is 0 Å². The normalized spacial score (nSPS) is 10.1. The maximum atomic E-state index is 5.63. The summed E-state index contributed by atoms with van der Waals surface area (Å²) in [4.78, 5) is 0. The molecule has 0 aromatic heterocycles. The molecular formula is C20H23NO2. The summed E-state index contributed by atoms with van der Waals surface area (Å²) in [6.07, 6.45) is 5.23. The summed E-state index contributed by atoms with van der Waals surface area (Å²) in [5.41, 5.74) is 3.70. The van der Waals surface area contributed by atoms with Crippen molar-refractivity contribution in [1.29, 1.82) is 0 Å². The standard InChI is InChI=1S/C20H23NO2/c1-4-12-23-19-11-10-18(13-20(19)22-5-2)15-21-14-17-8-6-16(3)7-9-17/h1,6-11,13,21H,5,12,14-15H2,2-3H3. The van der Waals surface area contributed by atoms with Crippen LogP contribution in [0.1, 0.15) is 23.6 Å². The quantitative estimate of drug-likeness (QED) is 0.754. The Hall–Kier alpha value is -2.44. The van der Waals surface area contributed by atoms with Crippen molar-refractivity contribution >= 4 is 0 Å². The van der Waals surface area contributed by atoms with Gasteiger partial charge in [0.1, 0.15) is 6.61 Å². The van der Waals surface area contributed by atoms with E-state index in [1.165, 1.54) is 11.1 Å². The second-order valence-corrected chi connectivity index (χ2v) is 5.30. The lowest BCUT2D eigenvalue weighted by Gasteiger charge is -2.12. The van der Waals surface area contributed by atoms with Crippen LogP contribution in [-0.4, -0.2) is 13.2 Å². The van der Waals surface area contributed by atoms with Gasteiger partial charge < -0.3 is 14.8 Å². The number of terminal acetylenes is 1. The average molecular weight is 309 g/mol. The second-order valence-electron chi connectivity index (χ2n) is 5.30. The van der Waals surface area contributed by atoms with Gasteiger partial charge in [0, 0.05) is 13.1 Å². The maximum Gasteiger partial charge on any atom is 0.162 e. The Balaban J connectivity index is 1.95. The fourth-order valence-electron chi connectivity index (χ4n) is 2.23. The molecule has 2 aromatic rings. The highest BCUT2D eigenvalue weighted by Crippen LogP contribution is 2.28. The van der Waals surface area contributed by atoms with E-state index in [1.807, 2.05) is 25.1 Å². The Labute approximate surface area is 138 Å². The van der Waals surface area contributed by atoms with E-state index in [-0.39, 0.29) is 6.61 Å². The molecule has 0 aliphatic carbocycles. The van der Waals surface area contributed by atoms with Crippen LogP contribution in [0.3, 0.4) is 0 Å². The highest BCUT2D eigenvalue weighted by atomic mass is 16.5. The summed E-state index contributed by atoms with van der Waals surface area (Å²) >= 11 is 0. The van der Waals surface area contributed by atoms with Crippen LogP contribution in [0.2, 0.25) is 0 Å². The molecule has 0 bridgehead atoms. The Morgan fingerprint density at radius 3 is 2.35 bits per heavy atom. The number of rotatable bonds is 8. The molecule has 0 atom stereocenters. The lowest BCUT2D eigenvalue weighted by Crippen LogP contribution is -2.13. The molecule has 0 spiro atoms. The van der Waals surface area contributed by atoms with Crippen molar-refractivity contribution in [2.45, 2.75) is 26.9 Å². The number of hydrogen-bond acceptors (Lipinski definition) is 3. The number of nitrogens with one attached hydrogen (secondary N) is 1. The van der Waals surface area contributed by atoms with E-state index in [2.05, 4.69) is 42.4 Å². The lowest BCUT2D eigenvalue weighted by molar-refractivity contribution is 0.299. The highest BCUT2D eigenvalue weighted by Gasteiger charge is 2.06.